The third-order valence-electron chi connectivity index (χ3n) is 3.74. The van der Waals surface area contributed by atoms with Crippen LogP contribution in [-0.4, -0.2) is 23.9 Å². The first-order valence-electron chi connectivity index (χ1n) is 7.92. The summed E-state index contributed by atoms with van der Waals surface area (Å²) in [6, 6.07) is 11.2. The number of thioether (sulfide) groups is 1. The normalized spacial score (nSPS) is 15.1. The van der Waals surface area contributed by atoms with Crippen LogP contribution in [0.15, 0.2) is 41.3 Å². The smallest absolute Gasteiger partial charge is 0.270 e. The van der Waals surface area contributed by atoms with Crippen molar-refractivity contribution >= 4 is 91.2 Å². The summed E-state index contributed by atoms with van der Waals surface area (Å²) in [7, 11) is 1.57. The van der Waals surface area contributed by atoms with Gasteiger partial charge >= 0.3 is 0 Å². The van der Waals surface area contributed by atoms with Crippen LogP contribution in [0.3, 0.4) is 0 Å². The van der Waals surface area contributed by atoms with Crippen LogP contribution < -0.4 is 14.4 Å². The molecule has 0 N–H and O–H groups in total. The lowest BCUT2D eigenvalue weighted by Crippen LogP contribution is -2.27. The number of methoxy groups -OCH3 is 1. The number of ether oxygens (including phenoxy) is 2. The SMILES string of the molecule is C#CCOc1c(I)cc(/C=C2/SC(=S)N(c3ccccc3OC)C2=O)cc1I. The molecule has 1 fully saturated rings. The number of anilines is 1. The zero-order valence-corrected chi connectivity index (χ0v) is 20.5. The van der Waals surface area contributed by atoms with Gasteiger partial charge in [0.25, 0.3) is 5.91 Å². The van der Waals surface area contributed by atoms with Gasteiger partial charge in [-0.15, -0.1) is 6.42 Å². The van der Waals surface area contributed by atoms with Crippen LogP contribution in [0.1, 0.15) is 5.56 Å². The summed E-state index contributed by atoms with van der Waals surface area (Å²) in [4.78, 5) is 15.1. The molecule has 142 valence electrons. The monoisotopic (exact) mass is 633 g/mol. The molecule has 0 unspecified atom stereocenters. The Morgan fingerprint density at radius 2 is 1.96 bits per heavy atom. The van der Waals surface area contributed by atoms with Crippen molar-refractivity contribution in [2.24, 2.45) is 0 Å². The average molecular weight is 633 g/mol. The second-order valence-electron chi connectivity index (χ2n) is 5.50. The van der Waals surface area contributed by atoms with Gasteiger partial charge in [0.2, 0.25) is 0 Å². The van der Waals surface area contributed by atoms with E-state index in [0.717, 1.165) is 18.5 Å². The van der Waals surface area contributed by atoms with Gasteiger partial charge in [-0.2, -0.15) is 0 Å². The number of para-hydroxylation sites is 2. The summed E-state index contributed by atoms with van der Waals surface area (Å²) in [5.41, 5.74) is 1.53. The number of hydrogen-bond donors (Lipinski definition) is 0. The van der Waals surface area contributed by atoms with Gasteiger partial charge in [0.05, 0.1) is 24.8 Å². The third kappa shape index (κ3) is 4.48. The summed E-state index contributed by atoms with van der Waals surface area (Å²) >= 11 is 11.1. The molecule has 1 aliphatic rings. The predicted molar refractivity (Wildman–Crippen MR) is 135 cm³/mol. The molecule has 4 nitrogen and oxygen atoms in total. The first-order valence-corrected chi connectivity index (χ1v) is 11.3. The Hall–Kier alpha value is -1.29. The number of benzene rings is 2. The Morgan fingerprint density at radius 1 is 1.29 bits per heavy atom. The highest BCUT2D eigenvalue weighted by molar-refractivity contribution is 14.1. The molecular formula is C20H13I2NO3S2. The van der Waals surface area contributed by atoms with Gasteiger partial charge < -0.3 is 9.47 Å². The molecule has 0 atom stereocenters. The van der Waals surface area contributed by atoms with Crippen LogP contribution in [0.2, 0.25) is 0 Å². The van der Waals surface area contributed by atoms with Crippen LogP contribution in [0.4, 0.5) is 5.69 Å². The standard InChI is InChI=1S/C20H13I2NO3S2/c1-3-8-26-18-13(21)9-12(10-14(18)22)11-17-19(24)23(20(27)28-17)15-6-4-5-7-16(15)25-2/h1,4-7,9-11H,8H2,2H3/b17-11+. The molecule has 1 aliphatic heterocycles. The molecule has 0 spiro atoms. The fraction of sp³-hybridized carbons (Fsp3) is 0.100. The highest BCUT2D eigenvalue weighted by Gasteiger charge is 2.34. The minimum absolute atomic E-state index is 0.169. The molecule has 2 aromatic rings. The molecule has 0 radical (unpaired) electrons. The van der Waals surface area contributed by atoms with Crippen molar-refractivity contribution in [3.05, 3.63) is 54.0 Å². The highest BCUT2D eigenvalue weighted by Crippen LogP contribution is 2.40. The maximum atomic E-state index is 13.0. The number of terminal acetylenes is 1. The third-order valence-corrected chi connectivity index (χ3v) is 6.64. The average Bonchev–Trinajstić information content (AvgIpc) is 2.94. The highest BCUT2D eigenvalue weighted by atomic mass is 127. The van der Waals surface area contributed by atoms with E-state index in [0.29, 0.717) is 20.7 Å². The van der Waals surface area contributed by atoms with E-state index in [9.17, 15) is 4.79 Å². The topological polar surface area (TPSA) is 38.8 Å². The van der Waals surface area contributed by atoms with E-state index < -0.39 is 0 Å². The van der Waals surface area contributed by atoms with Gasteiger partial charge in [-0.05, 0) is 81.1 Å². The van der Waals surface area contributed by atoms with Crippen LogP contribution in [0, 0.1) is 19.5 Å². The van der Waals surface area contributed by atoms with E-state index in [2.05, 4.69) is 51.1 Å². The predicted octanol–water partition coefficient (Wildman–Crippen LogP) is 5.32. The number of halogens is 2. The molecule has 1 amide bonds. The number of carbonyl (C=O) groups is 1. The Balaban J connectivity index is 1.93. The van der Waals surface area contributed by atoms with Gasteiger partial charge in [0, 0.05) is 0 Å². The van der Waals surface area contributed by atoms with Crippen molar-refractivity contribution in [2.75, 3.05) is 18.6 Å². The molecule has 8 heteroatoms. The molecule has 0 bridgehead atoms. The van der Waals surface area contributed by atoms with E-state index in [-0.39, 0.29) is 12.5 Å². The van der Waals surface area contributed by atoms with E-state index >= 15 is 0 Å². The van der Waals surface area contributed by atoms with Crippen LogP contribution in [0.25, 0.3) is 6.08 Å². The fourth-order valence-electron chi connectivity index (χ4n) is 2.56. The van der Waals surface area contributed by atoms with Crippen molar-refractivity contribution in [3.8, 4) is 23.8 Å². The minimum atomic E-state index is -0.169. The fourth-order valence-corrected chi connectivity index (χ4v) is 5.97. The summed E-state index contributed by atoms with van der Waals surface area (Å²) < 4.78 is 13.3. The summed E-state index contributed by atoms with van der Waals surface area (Å²) in [5.74, 6) is 3.64. The second-order valence-corrected chi connectivity index (χ2v) is 9.50. The van der Waals surface area contributed by atoms with Crippen LogP contribution in [0.5, 0.6) is 11.5 Å². The first-order chi connectivity index (χ1) is 13.5. The molecule has 28 heavy (non-hydrogen) atoms. The first kappa shape index (κ1) is 21.4. The van der Waals surface area contributed by atoms with Crippen LogP contribution >= 0.6 is 69.2 Å². The zero-order valence-electron chi connectivity index (χ0n) is 14.6. The van der Waals surface area contributed by atoms with Gasteiger partial charge in [0.15, 0.2) is 4.32 Å². The van der Waals surface area contributed by atoms with Crippen molar-refractivity contribution in [1.82, 2.24) is 0 Å². The van der Waals surface area contributed by atoms with Crippen LogP contribution in [-0.2, 0) is 4.79 Å². The Bertz CT molecular complexity index is 1010. The second kappa shape index (κ2) is 9.47. The van der Waals surface area contributed by atoms with Gasteiger partial charge in [0.1, 0.15) is 18.1 Å². The van der Waals surface area contributed by atoms with Gasteiger partial charge in [-0.1, -0.05) is 42.0 Å². The maximum Gasteiger partial charge on any atom is 0.270 e. The lowest BCUT2D eigenvalue weighted by molar-refractivity contribution is -0.113. The number of rotatable bonds is 5. The number of nitrogens with zero attached hydrogens (tertiary/aromatic N) is 1. The number of amides is 1. The van der Waals surface area contributed by atoms with E-state index in [1.165, 1.54) is 16.7 Å². The molecule has 1 saturated heterocycles. The molecule has 2 aromatic carbocycles. The molecule has 0 saturated carbocycles. The molecular weight excluding hydrogens is 620 g/mol. The Morgan fingerprint density at radius 3 is 2.61 bits per heavy atom. The largest absolute Gasteiger partial charge is 0.495 e. The Labute approximate surface area is 200 Å². The molecule has 0 aromatic heterocycles. The van der Waals surface area contributed by atoms with Gasteiger partial charge in [-0.3, -0.25) is 9.69 Å². The summed E-state index contributed by atoms with van der Waals surface area (Å²) in [6.07, 6.45) is 7.11. The number of carbonyl (C=O) groups excluding carboxylic acids is 1. The number of hydrogen-bond acceptors (Lipinski definition) is 5. The minimum Gasteiger partial charge on any atom is -0.495 e. The lowest BCUT2D eigenvalue weighted by atomic mass is 10.2. The quantitative estimate of drug-likeness (QED) is 0.193. The molecule has 1 heterocycles. The van der Waals surface area contributed by atoms with Crippen molar-refractivity contribution < 1.29 is 14.3 Å². The number of thiocarbonyl (C=S) groups is 1. The molecule has 0 aliphatic carbocycles. The Kier molecular flexibility index (Phi) is 7.25. The summed E-state index contributed by atoms with van der Waals surface area (Å²) in [5, 5.41) is 0. The van der Waals surface area contributed by atoms with Crippen molar-refractivity contribution in [2.45, 2.75) is 0 Å². The van der Waals surface area contributed by atoms with E-state index in [1.807, 2.05) is 36.4 Å². The molecule has 3 rings (SSSR count). The van der Waals surface area contributed by atoms with E-state index in [1.54, 1.807) is 13.2 Å². The van der Waals surface area contributed by atoms with Crippen molar-refractivity contribution in [3.63, 3.8) is 0 Å². The maximum absolute atomic E-state index is 13.0. The lowest BCUT2D eigenvalue weighted by Gasteiger charge is -2.17. The van der Waals surface area contributed by atoms with Gasteiger partial charge in [-0.25, -0.2) is 0 Å². The summed E-state index contributed by atoms with van der Waals surface area (Å²) in [6.45, 7) is 0.211. The van der Waals surface area contributed by atoms with E-state index in [4.69, 9.17) is 28.1 Å². The van der Waals surface area contributed by atoms with Crippen molar-refractivity contribution in [1.29, 1.82) is 0 Å². The zero-order chi connectivity index (χ0) is 20.3.